The van der Waals surface area contributed by atoms with Crippen LogP contribution in [0.4, 0.5) is 5.69 Å². The molecule has 5 nitrogen and oxygen atoms in total. The number of fused-ring (bicyclic) bond motifs is 3. The number of piperidine rings is 1. The molecular weight excluding hydrogens is 398 g/mol. The Hall–Kier alpha value is -2.47. The largest absolute Gasteiger partial charge is 0.426 e. The molecule has 2 aliphatic heterocycles. The highest BCUT2D eigenvalue weighted by Gasteiger charge is 2.54. The lowest BCUT2D eigenvalue weighted by atomic mass is 9.72. The van der Waals surface area contributed by atoms with Gasteiger partial charge < -0.3 is 4.74 Å². The number of esters is 1. The summed E-state index contributed by atoms with van der Waals surface area (Å²) in [5, 5.41) is 0. The van der Waals surface area contributed by atoms with Gasteiger partial charge in [0.15, 0.2) is 0 Å². The molecule has 0 N–H and O–H groups in total. The van der Waals surface area contributed by atoms with Gasteiger partial charge in [0.25, 0.3) is 0 Å². The van der Waals surface area contributed by atoms with Gasteiger partial charge in [-0.25, -0.2) is 4.90 Å². The Morgan fingerprint density at radius 3 is 2.38 bits per heavy atom. The Balaban J connectivity index is 1.82. The van der Waals surface area contributed by atoms with E-state index in [4.69, 9.17) is 4.74 Å². The second-order valence-corrected chi connectivity index (χ2v) is 7.66. The molecule has 0 aromatic heterocycles. The highest BCUT2D eigenvalue weighted by atomic mass is 79.9. The first-order valence-electron chi connectivity index (χ1n) is 8.34. The molecule has 2 aromatic rings. The van der Waals surface area contributed by atoms with E-state index in [0.29, 0.717) is 17.0 Å². The third-order valence-corrected chi connectivity index (χ3v) is 5.58. The normalized spacial score (nSPS) is 24.8. The molecule has 0 bridgehead atoms. The van der Waals surface area contributed by atoms with Crippen molar-refractivity contribution in [2.24, 2.45) is 11.8 Å². The van der Waals surface area contributed by atoms with Gasteiger partial charge in [-0.3, -0.25) is 14.4 Å². The number of nitrogens with zero attached hydrogens (tertiary/aromatic N) is 1. The van der Waals surface area contributed by atoms with Gasteiger partial charge in [-0.15, -0.1) is 0 Å². The van der Waals surface area contributed by atoms with E-state index in [2.05, 4.69) is 15.9 Å². The summed E-state index contributed by atoms with van der Waals surface area (Å²) in [4.78, 5) is 39.8. The van der Waals surface area contributed by atoms with Crippen LogP contribution in [0.15, 0.2) is 46.9 Å². The molecule has 4 rings (SSSR count). The van der Waals surface area contributed by atoms with Crippen LogP contribution in [0.1, 0.15) is 24.0 Å². The third kappa shape index (κ3) is 2.48. The Kier molecular flexibility index (Phi) is 3.95. The molecule has 6 heteroatoms. The molecule has 2 amide bonds. The molecule has 2 aromatic carbocycles. The van der Waals surface area contributed by atoms with E-state index in [9.17, 15) is 14.4 Å². The number of hydrogen-bond donors (Lipinski definition) is 0. The number of hydrogen-bond acceptors (Lipinski definition) is 4. The summed E-state index contributed by atoms with van der Waals surface area (Å²) in [6.45, 7) is 3.69. The van der Waals surface area contributed by atoms with Gasteiger partial charge in [-0.1, -0.05) is 40.5 Å². The van der Waals surface area contributed by atoms with E-state index < -0.39 is 29.6 Å². The zero-order chi connectivity index (χ0) is 18.6. The van der Waals surface area contributed by atoms with Crippen LogP contribution in [0.3, 0.4) is 0 Å². The fourth-order valence-corrected chi connectivity index (χ4v) is 4.12. The van der Waals surface area contributed by atoms with E-state index in [-0.39, 0.29) is 5.91 Å². The number of carbonyl (C=O) groups excluding carboxylic acids is 3. The molecule has 3 atom stereocenters. The maximum absolute atomic E-state index is 13.1. The van der Waals surface area contributed by atoms with Gasteiger partial charge in [0, 0.05) is 21.9 Å². The van der Waals surface area contributed by atoms with E-state index in [1.807, 2.05) is 25.1 Å². The first-order valence-corrected chi connectivity index (χ1v) is 9.13. The lowest BCUT2D eigenvalue weighted by molar-refractivity contribution is -0.151. The quantitative estimate of drug-likeness (QED) is 0.310. The van der Waals surface area contributed by atoms with Crippen LogP contribution in [0, 0.1) is 18.8 Å². The summed E-state index contributed by atoms with van der Waals surface area (Å²) in [6, 6.07) is 12.4. The van der Waals surface area contributed by atoms with Gasteiger partial charge >= 0.3 is 5.97 Å². The smallest absolute Gasteiger partial charge is 0.324 e. The van der Waals surface area contributed by atoms with Crippen LogP contribution in [0.25, 0.3) is 0 Å². The van der Waals surface area contributed by atoms with Crippen molar-refractivity contribution in [3.05, 3.63) is 58.1 Å². The molecule has 0 unspecified atom stereocenters. The number of amides is 2. The Labute approximate surface area is 159 Å². The SMILES string of the molecule is Cc1ccc(N2C(=O)[C@H]3C(=O)Oc4ccc(Br)cc4[C@H]3[C@@H](C)C2=O)cc1. The van der Waals surface area contributed by atoms with Crippen LogP contribution in [0.2, 0.25) is 0 Å². The van der Waals surface area contributed by atoms with Crippen molar-refractivity contribution in [1.82, 2.24) is 0 Å². The summed E-state index contributed by atoms with van der Waals surface area (Å²) in [7, 11) is 0. The number of anilines is 1. The van der Waals surface area contributed by atoms with Crippen molar-refractivity contribution >= 4 is 39.4 Å². The molecule has 132 valence electrons. The van der Waals surface area contributed by atoms with Crippen molar-refractivity contribution in [2.75, 3.05) is 4.90 Å². The average Bonchev–Trinajstić information content (AvgIpc) is 2.61. The highest BCUT2D eigenvalue weighted by molar-refractivity contribution is 9.10. The monoisotopic (exact) mass is 413 g/mol. The van der Waals surface area contributed by atoms with Crippen molar-refractivity contribution in [2.45, 2.75) is 19.8 Å². The van der Waals surface area contributed by atoms with Gasteiger partial charge in [0.2, 0.25) is 11.8 Å². The number of rotatable bonds is 1. The summed E-state index contributed by atoms with van der Waals surface area (Å²) in [6.07, 6.45) is 0. The van der Waals surface area contributed by atoms with E-state index in [1.165, 1.54) is 0 Å². The lowest BCUT2D eigenvalue weighted by Gasteiger charge is -2.42. The standard InChI is InChI=1S/C20H16BrNO4/c1-10-3-6-13(7-4-10)22-18(23)11(2)16-14-9-12(21)5-8-15(14)26-20(25)17(16)19(22)24/h3-9,11,16-17H,1-2H3/t11-,16-,17+/m1/s1. The lowest BCUT2D eigenvalue weighted by Crippen LogP contribution is -2.57. The predicted molar refractivity (Wildman–Crippen MR) is 98.8 cm³/mol. The van der Waals surface area contributed by atoms with Gasteiger partial charge in [0.05, 0.1) is 5.69 Å². The minimum Gasteiger partial charge on any atom is -0.426 e. The van der Waals surface area contributed by atoms with Crippen LogP contribution < -0.4 is 9.64 Å². The Morgan fingerprint density at radius 2 is 1.69 bits per heavy atom. The maximum Gasteiger partial charge on any atom is 0.324 e. The number of imide groups is 1. The number of ether oxygens (including phenoxy) is 1. The van der Waals surface area contributed by atoms with Crippen LogP contribution in [-0.4, -0.2) is 17.8 Å². The third-order valence-electron chi connectivity index (χ3n) is 5.08. The van der Waals surface area contributed by atoms with Gasteiger partial charge in [0.1, 0.15) is 11.7 Å². The van der Waals surface area contributed by atoms with Crippen molar-refractivity contribution in [3.8, 4) is 5.75 Å². The summed E-state index contributed by atoms with van der Waals surface area (Å²) < 4.78 is 6.20. The molecule has 1 saturated heterocycles. The maximum atomic E-state index is 13.1. The van der Waals surface area contributed by atoms with Gasteiger partial charge in [-0.05, 0) is 37.3 Å². The zero-order valence-electron chi connectivity index (χ0n) is 14.2. The fraction of sp³-hybridized carbons (Fsp3) is 0.250. The van der Waals surface area contributed by atoms with E-state index >= 15 is 0 Å². The van der Waals surface area contributed by atoms with Crippen molar-refractivity contribution < 1.29 is 19.1 Å². The van der Waals surface area contributed by atoms with Gasteiger partial charge in [-0.2, -0.15) is 0 Å². The summed E-state index contributed by atoms with van der Waals surface area (Å²) in [5.41, 5.74) is 2.21. The molecule has 1 fully saturated rings. The Morgan fingerprint density at radius 1 is 1.00 bits per heavy atom. The molecular formula is C20H16BrNO4. The molecule has 0 aliphatic carbocycles. The molecule has 0 radical (unpaired) electrons. The number of benzene rings is 2. The average molecular weight is 414 g/mol. The van der Waals surface area contributed by atoms with Crippen LogP contribution >= 0.6 is 15.9 Å². The van der Waals surface area contributed by atoms with Crippen LogP contribution in [0.5, 0.6) is 5.75 Å². The van der Waals surface area contributed by atoms with Crippen LogP contribution in [-0.2, 0) is 14.4 Å². The Bertz CT molecular complexity index is 937. The number of carbonyl (C=O) groups is 3. The highest BCUT2D eigenvalue weighted by Crippen LogP contribution is 2.47. The minimum atomic E-state index is -1.02. The van der Waals surface area contributed by atoms with Crippen molar-refractivity contribution in [3.63, 3.8) is 0 Å². The first-order chi connectivity index (χ1) is 12.4. The summed E-state index contributed by atoms with van der Waals surface area (Å²) >= 11 is 3.41. The van der Waals surface area contributed by atoms with E-state index in [1.54, 1.807) is 31.2 Å². The number of halogens is 1. The fourth-order valence-electron chi connectivity index (χ4n) is 3.74. The van der Waals surface area contributed by atoms with E-state index in [0.717, 1.165) is 14.9 Å². The van der Waals surface area contributed by atoms with Crippen molar-refractivity contribution in [1.29, 1.82) is 0 Å². The summed E-state index contributed by atoms with van der Waals surface area (Å²) in [5.74, 6) is -3.10. The molecule has 0 saturated carbocycles. The first kappa shape index (κ1) is 17.0. The molecule has 2 aliphatic rings. The second kappa shape index (κ2) is 6.06. The molecule has 26 heavy (non-hydrogen) atoms. The predicted octanol–water partition coefficient (Wildman–Crippen LogP) is 3.59. The zero-order valence-corrected chi connectivity index (χ0v) is 15.8. The second-order valence-electron chi connectivity index (χ2n) is 6.74. The molecule has 2 heterocycles. The molecule has 0 spiro atoms. The number of aryl methyl sites for hydroxylation is 1. The minimum absolute atomic E-state index is 0.305. The topological polar surface area (TPSA) is 63.7 Å².